The van der Waals surface area contributed by atoms with Crippen molar-refractivity contribution in [2.75, 3.05) is 31.5 Å². The number of nitrogens with one attached hydrogen (secondary N) is 2. The molecule has 1 aromatic rings. The number of nitrogens with zero attached hydrogens (tertiary/aromatic N) is 3. The standard InChI is InChI=1S/C14H23N5O/c1-18-11-4-12(17-18)16-14(5-7-15-8-6-14)13(20)19-9-2-3-10-19/h4,11,15H,2-3,5-10H2,1H3,(H,16,17). The topological polar surface area (TPSA) is 62.2 Å². The lowest BCUT2D eigenvalue weighted by Crippen LogP contribution is -2.58. The molecule has 0 saturated carbocycles. The molecule has 1 aromatic heterocycles. The van der Waals surface area contributed by atoms with E-state index in [1.807, 2.05) is 24.2 Å². The molecule has 0 spiro atoms. The van der Waals surface area contributed by atoms with E-state index in [4.69, 9.17) is 0 Å². The van der Waals surface area contributed by atoms with E-state index < -0.39 is 5.54 Å². The highest BCUT2D eigenvalue weighted by atomic mass is 16.2. The molecule has 0 bridgehead atoms. The summed E-state index contributed by atoms with van der Waals surface area (Å²) in [5, 5.41) is 11.1. The molecule has 0 aromatic carbocycles. The van der Waals surface area contributed by atoms with Gasteiger partial charge in [-0.15, -0.1) is 0 Å². The third-order valence-corrected chi connectivity index (χ3v) is 4.34. The lowest BCUT2D eigenvalue weighted by molar-refractivity contribution is -0.135. The number of rotatable bonds is 3. The molecule has 6 nitrogen and oxygen atoms in total. The van der Waals surface area contributed by atoms with Gasteiger partial charge in [0.1, 0.15) is 11.4 Å². The molecular weight excluding hydrogens is 254 g/mol. The Kier molecular flexibility index (Phi) is 3.65. The summed E-state index contributed by atoms with van der Waals surface area (Å²) < 4.78 is 1.76. The quantitative estimate of drug-likeness (QED) is 0.848. The number of carbonyl (C=O) groups is 1. The number of amides is 1. The van der Waals surface area contributed by atoms with Crippen LogP contribution >= 0.6 is 0 Å². The first kappa shape index (κ1) is 13.4. The molecule has 0 unspecified atom stereocenters. The summed E-state index contributed by atoms with van der Waals surface area (Å²) in [5.41, 5.74) is -0.482. The number of carbonyl (C=O) groups excluding carboxylic acids is 1. The second-order valence-corrected chi connectivity index (χ2v) is 5.83. The van der Waals surface area contributed by atoms with Gasteiger partial charge in [0.15, 0.2) is 0 Å². The first-order valence-corrected chi connectivity index (χ1v) is 7.48. The smallest absolute Gasteiger partial charge is 0.248 e. The fourth-order valence-corrected chi connectivity index (χ4v) is 3.20. The summed E-state index contributed by atoms with van der Waals surface area (Å²) in [5.74, 6) is 1.05. The van der Waals surface area contributed by atoms with E-state index in [9.17, 15) is 4.79 Å². The van der Waals surface area contributed by atoms with Crippen LogP contribution in [0.5, 0.6) is 0 Å². The maximum atomic E-state index is 12.9. The Labute approximate surface area is 119 Å². The minimum atomic E-state index is -0.482. The predicted octanol–water partition coefficient (Wildman–Crippen LogP) is 0.577. The number of anilines is 1. The summed E-state index contributed by atoms with van der Waals surface area (Å²) in [6.07, 6.45) is 5.79. The SMILES string of the molecule is Cn1ccc(NC2(C(=O)N3CCCC3)CCNCC2)n1. The van der Waals surface area contributed by atoms with Gasteiger partial charge < -0.3 is 15.5 Å². The van der Waals surface area contributed by atoms with Crippen LogP contribution < -0.4 is 10.6 Å². The third-order valence-electron chi connectivity index (χ3n) is 4.34. The average molecular weight is 277 g/mol. The normalized spacial score (nSPS) is 21.9. The van der Waals surface area contributed by atoms with Gasteiger partial charge in [0, 0.05) is 32.4 Å². The number of piperidine rings is 1. The molecule has 3 rings (SSSR count). The van der Waals surface area contributed by atoms with Crippen molar-refractivity contribution in [3.63, 3.8) is 0 Å². The van der Waals surface area contributed by atoms with Gasteiger partial charge in [-0.3, -0.25) is 9.48 Å². The molecule has 20 heavy (non-hydrogen) atoms. The molecule has 2 aliphatic heterocycles. The minimum Gasteiger partial charge on any atom is -0.354 e. The molecular formula is C14H23N5O. The van der Waals surface area contributed by atoms with Crippen molar-refractivity contribution in [1.82, 2.24) is 20.0 Å². The van der Waals surface area contributed by atoms with Gasteiger partial charge in [0.2, 0.25) is 5.91 Å². The summed E-state index contributed by atoms with van der Waals surface area (Å²) in [4.78, 5) is 14.9. The van der Waals surface area contributed by atoms with Crippen molar-refractivity contribution in [1.29, 1.82) is 0 Å². The Morgan fingerprint density at radius 2 is 2.05 bits per heavy atom. The number of likely N-dealkylation sites (tertiary alicyclic amines) is 1. The van der Waals surface area contributed by atoms with E-state index in [0.29, 0.717) is 0 Å². The van der Waals surface area contributed by atoms with Gasteiger partial charge in [-0.1, -0.05) is 0 Å². The Morgan fingerprint density at radius 1 is 1.35 bits per heavy atom. The number of hydrogen-bond acceptors (Lipinski definition) is 4. The fourth-order valence-electron chi connectivity index (χ4n) is 3.20. The average Bonchev–Trinajstić information content (AvgIpc) is 3.11. The lowest BCUT2D eigenvalue weighted by Gasteiger charge is -2.39. The van der Waals surface area contributed by atoms with Gasteiger partial charge in [-0.25, -0.2) is 0 Å². The summed E-state index contributed by atoms with van der Waals surface area (Å²) in [6.45, 7) is 3.55. The molecule has 2 aliphatic rings. The van der Waals surface area contributed by atoms with Crippen LogP contribution in [-0.2, 0) is 11.8 Å². The van der Waals surface area contributed by atoms with Gasteiger partial charge in [-0.2, -0.15) is 5.10 Å². The van der Waals surface area contributed by atoms with E-state index in [-0.39, 0.29) is 5.91 Å². The van der Waals surface area contributed by atoms with Gasteiger partial charge in [0.25, 0.3) is 0 Å². The number of aryl methyl sites for hydroxylation is 1. The van der Waals surface area contributed by atoms with Gasteiger partial charge in [0.05, 0.1) is 0 Å². The highest BCUT2D eigenvalue weighted by Crippen LogP contribution is 2.27. The lowest BCUT2D eigenvalue weighted by atomic mass is 9.86. The molecule has 0 aliphatic carbocycles. The molecule has 2 fully saturated rings. The second kappa shape index (κ2) is 5.44. The molecule has 1 amide bonds. The van der Waals surface area contributed by atoms with E-state index in [2.05, 4.69) is 15.7 Å². The van der Waals surface area contributed by atoms with Crippen LogP contribution in [0.3, 0.4) is 0 Å². The summed E-state index contributed by atoms with van der Waals surface area (Å²) in [6, 6.07) is 1.93. The molecule has 3 heterocycles. The second-order valence-electron chi connectivity index (χ2n) is 5.83. The van der Waals surface area contributed by atoms with Crippen LogP contribution in [-0.4, -0.2) is 52.3 Å². The van der Waals surface area contributed by atoms with Crippen molar-refractivity contribution in [3.8, 4) is 0 Å². The van der Waals surface area contributed by atoms with Crippen molar-refractivity contribution in [3.05, 3.63) is 12.3 Å². The minimum absolute atomic E-state index is 0.252. The highest BCUT2D eigenvalue weighted by Gasteiger charge is 2.43. The highest BCUT2D eigenvalue weighted by molar-refractivity contribution is 5.89. The first-order valence-electron chi connectivity index (χ1n) is 7.48. The monoisotopic (exact) mass is 277 g/mol. The first-order chi connectivity index (χ1) is 9.70. The Hall–Kier alpha value is -1.56. The predicted molar refractivity (Wildman–Crippen MR) is 77.5 cm³/mol. The maximum Gasteiger partial charge on any atom is 0.248 e. The Bertz CT molecular complexity index is 472. The van der Waals surface area contributed by atoms with E-state index in [1.165, 1.54) is 0 Å². The summed E-state index contributed by atoms with van der Waals surface area (Å²) in [7, 11) is 1.89. The van der Waals surface area contributed by atoms with Crippen molar-refractivity contribution >= 4 is 11.7 Å². The Balaban J connectivity index is 1.81. The zero-order valence-corrected chi connectivity index (χ0v) is 12.1. The molecule has 0 atom stereocenters. The molecule has 110 valence electrons. The van der Waals surface area contributed by atoms with E-state index in [1.54, 1.807) is 4.68 Å². The van der Waals surface area contributed by atoms with Crippen molar-refractivity contribution in [2.24, 2.45) is 7.05 Å². The number of aromatic nitrogens is 2. The van der Waals surface area contributed by atoms with E-state index in [0.717, 1.165) is 57.7 Å². The van der Waals surface area contributed by atoms with Crippen LogP contribution in [0.1, 0.15) is 25.7 Å². The van der Waals surface area contributed by atoms with Crippen LogP contribution in [0.4, 0.5) is 5.82 Å². The van der Waals surface area contributed by atoms with Crippen LogP contribution in [0.2, 0.25) is 0 Å². The van der Waals surface area contributed by atoms with Crippen LogP contribution in [0, 0.1) is 0 Å². The van der Waals surface area contributed by atoms with Crippen LogP contribution in [0.25, 0.3) is 0 Å². The van der Waals surface area contributed by atoms with Crippen molar-refractivity contribution in [2.45, 2.75) is 31.2 Å². The Morgan fingerprint density at radius 3 is 2.65 bits per heavy atom. The zero-order valence-electron chi connectivity index (χ0n) is 12.1. The maximum absolute atomic E-state index is 12.9. The molecule has 2 saturated heterocycles. The largest absolute Gasteiger partial charge is 0.354 e. The van der Waals surface area contributed by atoms with Gasteiger partial charge in [-0.05, 0) is 38.8 Å². The number of hydrogen-bond donors (Lipinski definition) is 2. The molecule has 0 radical (unpaired) electrons. The van der Waals surface area contributed by atoms with Gasteiger partial charge >= 0.3 is 0 Å². The third kappa shape index (κ3) is 2.52. The molecule has 2 N–H and O–H groups in total. The van der Waals surface area contributed by atoms with E-state index >= 15 is 0 Å². The zero-order chi connectivity index (χ0) is 14.0. The summed E-state index contributed by atoms with van der Waals surface area (Å²) >= 11 is 0. The molecule has 6 heteroatoms. The van der Waals surface area contributed by atoms with Crippen LogP contribution in [0.15, 0.2) is 12.3 Å². The van der Waals surface area contributed by atoms with Crippen molar-refractivity contribution < 1.29 is 4.79 Å². The fraction of sp³-hybridized carbons (Fsp3) is 0.714.